The van der Waals surface area contributed by atoms with Gasteiger partial charge < -0.3 is 72.0 Å². The number of phosphoric acid groups is 2. The van der Waals surface area contributed by atoms with Crippen molar-refractivity contribution in [1.82, 2.24) is 10.6 Å². The third-order valence-corrected chi connectivity index (χ3v) is 21.8. The molecule has 0 saturated heterocycles. The molecular formula is C85H166N2Na2O19P2. The van der Waals surface area contributed by atoms with Crippen LogP contribution >= 0.6 is 15.6 Å². The molecule has 2 amide bonds. The SMILES string of the molecule is CCCCCCCCCCCCCCC(=O)O[C@@H](COCC[C@@H](CCCCCCC)OC(=O)CCCCCCCCCCCC)COP(=O)([O-])OCCNC(=O)NCCOP(=O)([O-])OC[C@H](COCCC(CCCCCCC)OC(=O)CCCCCCCCCCC)OC(O)CCCCCCCCCCCCC.[Na+].[Na+]. The number of aliphatic hydroxyl groups is 1. The quantitative estimate of drug-likeness (QED) is 0.0127. The molecular weight excluding hydrogens is 1460 g/mol. The summed E-state index contributed by atoms with van der Waals surface area (Å²) < 4.78 is 82.4. The van der Waals surface area contributed by atoms with E-state index in [1.165, 1.54) is 180 Å². The van der Waals surface area contributed by atoms with Crippen molar-refractivity contribution < 1.29 is 149 Å². The summed E-state index contributed by atoms with van der Waals surface area (Å²) in [5, 5.41) is 15.9. The van der Waals surface area contributed by atoms with Gasteiger partial charge in [0.2, 0.25) is 0 Å². The number of amides is 2. The van der Waals surface area contributed by atoms with E-state index in [2.05, 4.69) is 52.2 Å². The zero-order chi connectivity index (χ0) is 79.2. The molecule has 0 aromatic carbocycles. The molecule has 642 valence electrons. The maximum atomic E-state index is 13.2. The molecule has 0 heterocycles. The minimum atomic E-state index is -5.00. The fourth-order valence-corrected chi connectivity index (χ4v) is 14.6. The molecule has 0 fully saturated rings. The molecule has 21 nitrogen and oxygen atoms in total. The Morgan fingerprint density at radius 3 is 0.845 bits per heavy atom. The van der Waals surface area contributed by atoms with E-state index >= 15 is 0 Å². The summed E-state index contributed by atoms with van der Waals surface area (Å²) in [6.07, 6.45) is 58.6. The van der Waals surface area contributed by atoms with Gasteiger partial charge in [0.15, 0.2) is 6.29 Å². The van der Waals surface area contributed by atoms with E-state index in [0.29, 0.717) is 51.4 Å². The first-order valence-corrected chi connectivity index (χ1v) is 47.7. The van der Waals surface area contributed by atoms with E-state index in [9.17, 15) is 43.2 Å². The number of unbranched alkanes of at least 4 members (excludes halogenated alkanes) is 46. The van der Waals surface area contributed by atoms with Gasteiger partial charge in [-0.25, -0.2) is 4.79 Å². The molecule has 0 aliphatic rings. The number of esters is 3. The van der Waals surface area contributed by atoms with Gasteiger partial charge in [0.1, 0.15) is 24.4 Å². The van der Waals surface area contributed by atoms with Gasteiger partial charge in [0.25, 0.3) is 15.6 Å². The van der Waals surface area contributed by atoms with Gasteiger partial charge in [-0.05, 0) is 57.8 Å². The Morgan fingerprint density at radius 1 is 0.300 bits per heavy atom. The van der Waals surface area contributed by atoms with Gasteiger partial charge in [0, 0.05) is 45.2 Å². The Hall–Kier alpha value is -0.260. The largest absolute Gasteiger partial charge is 1.00 e. The number of hydrogen-bond donors (Lipinski definition) is 3. The zero-order valence-corrected chi connectivity index (χ0v) is 77.9. The fourth-order valence-electron chi connectivity index (χ4n) is 13.2. The van der Waals surface area contributed by atoms with Crippen molar-refractivity contribution in [2.45, 2.75) is 457 Å². The van der Waals surface area contributed by atoms with Crippen molar-refractivity contribution in [1.29, 1.82) is 0 Å². The summed E-state index contributed by atoms with van der Waals surface area (Å²) in [6, 6.07) is -0.768. The van der Waals surface area contributed by atoms with Crippen LogP contribution in [0, 0.1) is 0 Å². The van der Waals surface area contributed by atoms with Gasteiger partial charge >= 0.3 is 83.1 Å². The van der Waals surface area contributed by atoms with E-state index in [1.807, 2.05) is 0 Å². The van der Waals surface area contributed by atoms with Crippen molar-refractivity contribution in [3.8, 4) is 0 Å². The average molecular weight is 1630 g/mol. The Balaban J connectivity index is -0.0000572. The Morgan fingerprint density at radius 2 is 0.545 bits per heavy atom. The number of carbonyl (C=O) groups excluding carboxylic acids is 4. The van der Waals surface area contributed by atoms with Crippen molar-refractivity contribution in [3.05, 3.63) is 0 Å². The van der Waals surface area contributed by atoms with Gasteiger partial charge in [-0.2, -0.15) is 0 Å². The Labute approximate surface area is 717 Å². The molecule has 7 atom stereocenters. The summed E-state index contributed by atoms with van der Waals surface area (Å²) in [4.78, 5) is 78.1. The first kappa shape index (κ1) is 114. The molecule has 0 saturated carbocycles. The normalized spacial score (nSPS) is 14.0. The van der Waals surface area contributed by atoms with Crippen molar-refractivity contribution >= 4 is 39.6 Å². The van der Waals surface area contributed by atoms with Gasteiger partial charge in [-0.15, -0.1) is 0 Å². The molecule has 0 rings (SSSR count). The molecule has 0 aliphatic heterocycles. The van der Waals surface area contributed by atoms with Crippen molar-refractivity contribution in [2.24, 2.45) is 0 Å². The number of ether oxygens (including phenoxy) is 6. The van der Waals surface area contributed by atoms with Crippen molar-refractivity contribution in [2.75, 3.05) is 65.9 Å². The van der Waals surface area contributed by atoms with Crippen LogP contribution in [-0.2, 0) is 70.0 Å². The van der Waals surface area contributed by atoms with Gasteiger partial charge in [-0.3, -0.25) is 23.5 Å². The summed E-state index contributed by atoms with van der Waals surface area (Å²) in [7, 11) is -9.98. The monoisotopic (exact) mass is 1630 g/mol. The standard InChI is InChI=1S/C85H168N2O19P2.2Na/c1-7-13-19-25-29-33-36-38-42-46-52-58-64-84(91)106-80(74-98-70-66-78(60-54-48-24-18-12-6)104-82(89)62-56-50-44-40-35-31-27-21-15-9-3)76-102-108(95,96)100-72-68-87-85(92)86-67-71-99-107(93,94)101-75-79(105-83(90)63-57-51-45-41-37-34-30-26-20-14-8-2)73-97-69-65-77(59-53-47-23-17-11-5)103-81(88)61-55-49-43-39-32-28-22-16-10-4;;/h77-80,83,90H,7-76H2,1-6H3,(H,93,94)(H,95,96)(H2,86,87,92);;/q;2*+1/p-2/t77?,78-,79+,80+,83?;;/m1../s1. The molecule has 110 heavy (non-hydrogen) atoms. The first-order chi connectivity index (χ1) is 52.5. The van der Waals surface area contributed by atoms with Crippen LogP contribution in [0.5, 0.6) is 0 Å². The fraction of sp³-hybridized carbons (Fsp3) is 0.953. The van der Waals surface area contributed by atoms with Crippen LogP contribution in [0.1, 0.15) is 427 Å². The van der Waals surface area contributed by atoms with E-state index in [0.717, 1.165) is 148 Å². The topological polar surface area (TPSA) is 285 Å². The predicted octanol–water partition coefficient (Wildman–Crippen LogP) is 16.3. The molecule has 0 aliphatic carbocycles. The summed E-state index contributed by atoms with van der Waals surface area (Å²) in [5.74, 6) is -0.919. The van der Waals surface area contributed by atoms with Crippen LogP contribution in [0.3, 0.4) is 0 Å². The number of hydrogen-bond acceptors (Lipinski definition) is 19. The van der Waals surface area contributed by atoms with Crippen LogP contribution in [0.2, 0.25) is 0 Å². The van der Waals surface area contributed by atoms with Crippen LogP contribution < -0.4 is 79.5 Å². The number of carbonyl (C=O) groups is 4. The minimum absolute atomic E-state index is 0. The second-order valence-corrected chi connectivity index (χ2v) is 33.3. The number of phosphoric ester groups is 2. The number of nitrogens with one attached hydrogen (secondary N) is 2. The van der Waals surface area contributed by atoms with Crippen LogP contribution in [0.25, 0.3) is 0 Å². The maximum absolute atomic E-state index is 13.2. The molecule has 0 aromatic rings. The third-order valence-electron chi connectivity index (χ3n) is 19.9. The van der Waals surface area contributed by atoms with Crippen molar-refractivity contribution in [3.63, 3.8) is 0 Å². The van der Waals surface area contributed by atoms with E-state index in [-0.39, 0.29) is 129 Å². The van der Waals surface area contributed by atoms with Gasteiger partial charge in [-0.1, -0.05) is 337 Å². The molecule has 0 radical (unpaired) electrons. The number of aliphatic hydroxyl groups excluding tert-OH is 1. The molecule has 25 heteroatoms. The molecule has 0 bridgehead atoms. The molecule has 3 N–H and O–H groups in total. The molecule has 0 spiro atoms. The van der Waals surface area contributed by atoms with Crippen LogP contribution in [0.4, 0.5) is 4.79 Å². The van der Waals surface area contributed by atoms with Gasteiger partial charge in [0.05, 0.1) is 52.9 Å². The summed E-state index contributed by atoms with van der Waals surface area (Å²) >= 11 is 0. The predicted molar refractivity (Wildman–Crippen MR) is 434 cm³/mol. The Kier molecular flexibility index (Phi) is 89.6. The minimum Gasteiger partial charge on any atom is -0.756 e. The summed E-state index contributed by atoms with van der Waals surface area (Å²) in [5.41, 5.74) is 0. The second-order valence-electron chi connectivity index (χ2n) is 30.5. The maximum Gasteiger partial charge on any atom is 1.00 e. The molecule has 0 aromatic heterocycles. The van der Waals surface area contributed by atoms with Crippen LogP contribution in [0.15, 0.2) is 0 Å². The van der Waals surface area contributed by atoms with E-state index < -0.39 is 72.6 Å². The number of urea groups is 1. The van der Waals surface area contributed by atoms with E-state index in [4.69, 9.17) is 46.5 Å². The Bertz CT molecular complexity index is 2100. The first-order valence-electron chi connectivity index (χ1n) is 44.8. The average Bonchev–Trinajstić information content (AvgIpc) is 0.913. The van der Waals surface area contributed by atoms with Crippen LogP contribution in [-0.4, -0.2) is 126 Å². The second kappa shape index (κ2) is 86.6. The number of rotatable bonds is 87. The zero-order valence-electron chi connectivity index (χ0n) is 72.1. The molecule has 4 unspecified atom stereocenters. The summed E-state index contributed by atoms with van der Waals surface area (Å²) in [6.45, 7) is 10.6. The smallest absolute Gasteiger partial charge is 0.756 e. The third kappa shape index (κ3) is 82.8. The van der Waals surface area contributed by atoms with E-state index in [1.54, 1.807) is 0 Å².